The van der Waals surface area contributed by atoms with Gasteiger partial charge < -0.3 is 9.47 Å². The Balaban J connectivity index is 1.60. The van der Waals surface area contributed by atoms with Crippen LogP contribution >= 0.6 is 0 Å². The summed E-state index contributed by atoms with van der Waals surface area (Å²) in [5.41, 5.74) is 0.849. The summed E-state index contributed by atoms with van der Waals surface area (Å²) in [7, 11) is 1.02. The van der Waals surface area contributed by atoms with E-state index in [2.05, 4.69) is 51.0 Å². The number of ether oxygens (including phenoxy) is 4. The minimum absolute atomic E-state index is 0.0524. The van der Waals surface area contributed by atoms with Crippen LogP contribution in [0.2, 0.25) is 24.0 Å². The van der Waals surface area contributed by atoms with Gasteiger partial charge in [-0.15, -0.1) is 0 Å². The van der Waals surface area contributed by atoms with Crippen LogP contribution in [0.3, 0.4) is 0 Å². The van der Waals surface area contributed by atoms with Crippen molar-refractivity contribution < 1.29 is 23.4 Å². The topological polar surface area (TPSA) is 101 Å². The fourth-order valence-corrected chi connectivity index (χ4v) is 8.12. The van der Waals surface area contributed by atoms with Gasteiger partial charge in [0.25, 0.3) is 0 Å². The zero-order valence-corrected chi connectivity index (χ0v) is 31.7. The van der Waals surface area contributed by atoms with Gasteiger partial charge in [0.05, 0.1) is 14.2 Å². The average molecular weight is 738 g/mol. The van der Waals surface area contributed by atoms with Crippen LogP contribution in [-0.4, -0.2) is 65.9 Å². The Morgan fingerprint density at radius 3 is 1.92 bits per heavy atom. The molecule has 5 rings (SSSR count). The number of nitrogens with zero attached hydrogens (tertiary/aromatic N) is 1. The molecule has 9 nitrogen and oxygen atoms in total. The molecule has 0 amide bonds. The molecule has 0 spiro atoms. The zero-order valence-electron chi connectivity index (χ0n) is 28.9. The fourth-order valence-electron chi connectivity index (χ4n) is 5.81. The SMILES string of the molecule is COc1ccc(C(OC[C@H]2O[C@@H](n3cc([Se]C)c(=O)[nH]c3=O)C[C@@H]2O[Si](C)(C)C(C)(C)C)(c2ccccc2)c2ccc(OC)cc2)cc1. The van der Waals surface area contributed by atoms with E-state index in [0.717, 1.165) is 28.2 Å². The van der Waals surface area contributed by atoms with Crippen LogP contribution in [0.5, 0.6) is 11.5 Å². The molecule has 0 saturated carbocycles. The van der Waals surface area contributed by atoms with E-state index in [-0.39, 0.29) is 38.3 Å². The standard InChI is InChI=1S/C37H46N2O7SeSi/c1-36(2,3)48(7,8)46-30-22-33(39-23-32(47-6)34(40)38-35(39)41)45-31(30)24-44-37(25-12-10-9-11-13-25,26-14-18-28(42-4)19-15-26)27-16-20-29(43-5)21-17-27/h9-21,23,30-31,33H,22,24H2,1-8H3,(H,38,40,41)/t30-,31+,33+/m0/s1. The van der Waals surface area contributed by atoms with Gasteiger partial charge in [-0.2, -0.15) is 0 Å². The van der Waals surface area contributed by atoms with Gasteiger partial charge in [-0.25, -0.2) is 0 Å². The number of nitrogens with one attached hydrogen (secondary N) is 1. The van der Waals surface area contributed by atoms with Gasteiger partial charge in [-0.3, -0.25) is 0 Å². The van der Waals surface area contributed by atoms with Gasteiger partial charge in [0, 0.05) is 0 Å². The predicted molar refractivity (Wildman–Crippen MR) is 191 cm³/mol. The molecule has 11 heteroatoms. The first-order valence-corrected chi connectivity index (χ1v) is 21.5. The van der Waals surface area contributed by atoms with Crippen LogP contribution in [0, 0.1) is 0 Å². The molecule has 256 valence electrons. The second-order valence-electron chi connectivity index (χ2n) is 13.5. The molecule has 1 N–H and O–H groups in total. The molecule has 0 bridgehead atoms. The van der Waals surface area contributed by atoms with E-state index in [4.69, 9.17) is 23.4 Å². The predicted octanol–water partition coefficient (Wildman–Crippen LogP) is 5.62. The van der Waals surface area contributed by atoms with Crippen molar-refractivity contribution in [1.82, 2.24) is 9.55 Å². The van der Waals surface area contributed by atoms with Crippen LogP contribution < -0.4 is 25.2 Å². The first kappa shape index (κ1) is 35.9. The minimum atomic E-state index is -2.28. The third kappa shape index (κ3) is 7.27. The number of hydrogen-bond acceptors (Lipinski definition) is 7. The monoisotopic (exact) mass is 738 g/mol. The summed E-state index contributed by atoms with van der Waals surface area (Å²) in [5.74, 6) is 3.42. The molecule has 0 aliphatic carbocycles. The molecule has 3 atom stereocenters. The van der Waals surface area contributed by atoms with E-state index >= 15 is 0 Å². The Kier molecular flexibility index (Phi) is 10.9. The van der Waals surface area contributed by atoms with E-state index in [1.807, 2.05) is 72.6 Å². The Labute approximate surface area is 289 Å². The molecule has 1 aliphatic heterocycles. The number of aromatic amines is 1. The van der Waals surface area contributed by atoms with Crippen molar-refractivity contribution in [3.63, 3.8) is 0 Å². The maximum absolute atomic E-state index is 13.1. The molecule has 3 aromatic carbocycles. The quantitative estimate of drug-likeness (QED) is 0.149. The van der Waals surface area contributed by atoms with Crippen molar-refractivity contribution >= 4 is 27.7 Å². The molecule has 1 saturated heterocycles. The van der Waals surface area contributed by atoms with E-state index in [1.165, 1.54) is 4.57 Å². The molecule has 1 aromatic heterocycles. The Hall–Kier alpha value is -3.44. The fraction of sp³-hybridized carbons (Fsp3) is 0.405. The van der Waals surface area contributed by atoms with Gasteiger partial charge in [0.2, 0.25) is 0 Å². The van der Waals surface area contributed by atoms with E-state index in [1.54, 1.807) is 20.4 Å². The van der Waals surface area contributed by atoms with Gasteiger partial charge >= 0.3 is 249 Å². The number of rotatable bonds is 12. The van der Waals surface area contributed by atoms with Crippen molar-refractivity contribution in [2.24, 2.45) is 0 Å². The number of methoxy groups -OCH3 is 2. The van der Waals surface area contributed by atoms with Crippen molar-refractivity contribution in [3.05, 3.63) is 123 Å². The average Bonchev–Trinajstić information content (AvgIpc) is 3.46. The summed E-state index contributed by atoms with van der Waals surface area (Å²) >= 11 is -0.104. The summed E-state index contributed by atoms with van der Waals surface area (Å²) in [4.78, 5) is 28.0. The normalized spacial score (nSPS) is 18.5. The Bertz CT molecular complexity index is 1740. The zero-order chi connectivity index (χ0) is 34.7. The molecule has 1 aliphatic rings. The van der Waals surface area contributed by atoms with Gasteiger partial charge in [-0.05, 0) is 0 Å². The molecule has 48 heavy (non-hydrogen) atoms. The van der Waals surface area contributed by atoms with Crippen LogP contribution in [0.25, 0.3) is 0 Å². The van der Waals surface area contributed by atoms with Crippen molar-refractivity contribution in [3.8, 4) is 11.5 Å². The molecular weight excluding hydrogens is 691 g/mol. The van der Waals surface area contributed by atoms with E-state index < -0.39 is 31.9 Å². The summed E-state index contributed by atoms with van der Waals surface area (Å²) in [6.07, 6.45) is 0.573. The summed E-state index contributed by atoms with van der Waals surface area (Å²) in [5, 5.41) is -0.0524. The third-order valence-electron chi connectivity index (χ3n) is 9.54. The second kappa shape index (κ2) is 14.6. The molecule has 2 heterocycles. The Morgan fingerprint density at radius 2 is 1.42 bits per heavy atom. The number of hydrogen-bond donors (Lipinski definition) is 1. The third-order valence-corrected chi connectivity index (χ3v) is 15.6. The van der Waals surface area contributed by atoms with Crippen LogP contribution in [0.15, 0.2) is 94.6 Å². The van der Waals surface area contributed by atoms with Crippen molar-refractivity contribution in [2.75, 3.05) is 20.8 Å². The van der Waals surface area contributed by atoms with Crippen molar-refractivity contribution in [2.45, 2.75) is 75.2 Å². The molecule has 0 unspecified atom stereocenters. The molecule has 4 aromatic rings. The maximum atomic E-state index is 13.1. The first-order chi connectivity index (χ1) is 22.8. The van der Waals surface area contributed by atoms with Gasteiger partial charge in [0.15, 0.2) is 0 Å². The Morgan fingerprint density at radius 1 is 0.875 bits per heavy atom. The van der Waals surface area contributed by atoms with Crippen LogP contribution in [0.1, 0.15) is 50.1 Å². The van der Waals surface area contributed by atoms with E-state index in [9.17, 15) is 9.59 Å². The second-order valence-corrected chi connectivity index (χ2v) is 20.0. The van der Waals surface area contributed by atoms with Gasteiger partial charge in [-0.1, -0.05) is 6.07 Å². The number of benzene rings is 3. The van der Waals surface area contributed by atoms with Crippen molar-refractivity contribution in [1.29, 1.82) is 0 Å². The summed E-state index contributed by atoms with van der Waals surface area (Å²) < 4.78 is 34.0. The van der Waals surface area contributed by atoms with Gasteiger partial charge in [0.1, 0.15) is 11.5 Å². The molecule has 1 fully saturated rings. The molecular formula is C37H46N2O7SeSi. The number of H-pyrrole nitrogens is 1. The summed E-state index contributed by atoms with van der Waals surface area (Å²) in [6.45, 7) is 11.2. The summed E-state index contributed by atoms with van der Waals surface area (Å²) in [6, 6.07) is 25.9. The number of aromatic nitrogens is 2. The first-order valence-electron chi connectivity index (χ1n) is 16.0. The van der Waals surface area contributed by atoms with Crippen LogP contribution in [0.4, 0.5) is 0 Å². The van der Waals surface area contributed by atoms with Crippen LogP contribution in [-0.2, 0) is 19.5 Å². The van der Waals surface area contributed by atoms with E-state index in [0.29, 0.717) is 10.9 Å². The molecule has 0 radical (unpaired) electrons.